The molecule has 1 N–H and O–H groups in total. The Morgan fingerprint density at radius 2 is 1.89 bits per heavy atom. The van der Waals surface area contributed by atoms with Gasteiger partial charge in [-0.1, -0.05) is 37.3 Å². The molecule has 2 aromatic rings. The summed E-state index contributed by atoms with van der Waals surface area (Å²) in [5.74, 6) is -0.150. The molecule has 0 atom stereocenters. The molecule has 0 aliphatic heterocycles. The molecular formula is C16H18FN. The number of benzene rings is 2. The SMILES string of the molecule is CCNCc1ccccc1-c1ccc(F)c(C)c1. The fraction of sp³-hybridized carbons (Fsp3) is 0.250. The molecule has 0 radical (unpaired) electrons. The summed E-state index contributed by atoms with van der Waals surface area (Å²) in [5.41, 5.74) is 4.17. The van der Waals surface area contributed by atoms with Crippen molar-refractivity contribution in [3.63, 3.8) is 0 Å². The van der Waals surface area contributed by atoms with Crippen molar-refractivity contribution in [3.05, 3.63) is 59.4 Å². The molecule has 2 rings (SSSR count). The first-order valence-electron chi connectivity index (χ1n) is 6.27. The van der Waals surface area contributed by atoms with Crippen LogP contribution in [0.2, 0.25) is 0 Å². The Hall–Kier alpha value is -1.67. The van der Waals surface area contributed by atoms with Gasteiger partial charge >= 0.3 is 0 Å². The average Bonchev–Trinajstić information content (AvgIpc) is 2.40. The molecule has 18 heavy (non-hydrogen) atoms. The standard InChI is InChI=1S/C16H18FN/c1-3-18-11-14-6-4-5-7-15(14)13-8-9-16(17)12(2)10-13/h4-10,18H,3,11H2,1-2H3. The van der Waals surface area contributed by atoms with Gasteiger partial charge in [-0.15, -0.1) is 0 Å². The van der Waals surface area contributed by atoms with Crippen LogP contribution in [0.5, 0.6) is 0 Å². The van der Waals surface area contributed by atoms with Gasteiger partial charge in [0, 0.05) is 6.54 Å². The van der Waals surface area contributed by atoms with Crippen molar-refractivity contribution in [2.75, 3.05) is 6.54 Å². The lowest BCUT2D eigenvalue weighted by molar-refractivity contribution is 0.619. The first kappa shape index (κ1) is 12.8. The normalized spacial score (nSPS) is 10.6. The summed E-state index contributed by atoms with van der Waals surface area (Å²) in [7, 11) is 0. The van der Waals surface area contributed by atoms with Crippen molar-refractivity contribution in [1.82, 2.24) is 5.32 Å². The minimum atomic E-state index is -0.150. The third-order valence-corrected chi connectivity index (χ3v) is 3.05. The Bertz CT molecular complexity index is 534. The molecule has 1 nitrogen and oxygen atoms in total. The minimum Gasteiger partial charge on any atom is -0.313 e. The molecule has 0 amide bonds. The van der Waals surface area contributed by atoms with Crippen molar-refractivity contribution >= 4 is 0 Å². The summed E-state index contributed by atoms with van der Waals surface area (Å²) >= 11 is 0. The van der Waals surface area contributed by atoms with E-state index in [4.69, 9.17) is 0 Å². The quantitative estimate of drug-likeness (QED) is 0.858. The van der Waals surface area contributed by atoms with Crippen LogP contribution in [-0.2, 0) is 6.54 Å². The highest BCUT2D eigenvalue weighted by Gasteiger charge is 2.06. The van der Waals surface area contributed by atoms with Crippen molar-refractivity contribution in [3.8, 4) is 11.1 Å². The first-order valence-corrected chi connectivity index (χ1v) is 6.27. The third-order valence-electron chi connectivity index (χ3n) is 3.05. The van der Waals surface area contributed by atoms with Gasteiger partial charge in [0.1, 0.15) is 5.82 Å². The topological polar surface area (TPSA) is 12.0 Å². The summed E-state index contributed by atoms with van der Waals surface area (Å²) in [4.78, 5) is 0. The molecule has 0 aromatic heterocycles. The van der Waals surface area contributed by atoms with Crippen LogP contribution in [0.15, 0.2) is 42.5 Å². The van der Waals surface area contributed by atoms with Crippen LogP contribution < -0.4 is 5.32 Å². The lowest BCUT2D eigenvalue weighted by Crippen LogP contribution is -2.12. The number of aryl methyl sites for hydroxylation is 1. The van der Waals surface area contributed by atoms with E-state index in [1.807, 2.05) is 24.3 Å². The first-order chi connectivity index (χ1) is 8.72. The molecule has 0 fully saturated rings. The molecule has 0 spiro atoms. The summed E-state index contributed by atoms with van der Waals surface area (Å²) < 4.78 is 13.3. The molecule has 0 unspecified atom stereocenters. The molecular weight excluding hydrogens is 225 g/mol. The van der Waals surface area contributed by atoms with E-state index in [0.29, 0.717) is 5.56 Å². The predicted molar refractivity (Wildman–Crippen MR) is 74.0 cm³/mol. The molecule has 2 aromatic carbocycles. The highest BCUT2D eigenvalue weighted by molar-refractivity contribution is 5.68. The summed E-state index contributed by atoms with van der Waals surface area (Å²) in [5, 5.41) is 3.33. The van der Waals surface area contributed by atoms with E-state index in [-0.39, 0.29) is 5.82 Å². The Balaban J connectivity index is 2.39. The van der Waals surface area contributed by atoms with Crippen LogP contribution >= 0.6 is 0 Å². The van der Waals surface area contributed by atoms with Gasteiger partial charge in [0.2, 0.25) is 0 Å². The smallest absolute Gasteiger partial charge is 0.126 e. The summed E-state index contributed by atoms with van der Waals surface area (Å²) in [6.45, 7) is 5.66. The van der Waals surface area contributed by atoms with E-state index in [1.165, 1.54) is 17.2 Å². The van der Waals surface area contributed by atoms with Crippen LogP contribution in [0.25, 0.3) is 11.1 Å². The van der Waals surface area contributed by atoms with Gasteiger partial charge in [-0.05, 0) is 47.9 Å². The second-order valence-corrected chi connectivity index (χ2v) is 4.40. The van der Waals surface area contributed by atoms with Crippen LogP contribution in [-0.4, -0.2) is 6.54 Å². The maximum absolute atomic E-state index is 13.3. The van der Waals surface area contributed by atoms with Crippen LogP contribution in [0, 0.1) is 12.7 Å². The monoisotopic (exact) mass is 243 g/mol. The number of rotatable bonds is 4. The second kappa shape index (κ2) is 5.78. The molecule has 0 aliphatic carbocycles. The maximum atomic E-state index is 13.3. The molecule has 94 valence electrons. The minimum absolute atomic E-state index is 0.150. The number of halogens is 1. The fourth-order valence-electron chi connectivity index (χ4n) is 2.03. The number of hydrogen-bond donors (Lipinski definition) is 1. The zero-order valence-electron chi connectivity index (χ0n) is 10.8. The van der Waals surface area contributed by atoms with Gasteiger partial charge < -0.3 is 5.32 Å². The van der Waals surface area contributed by atoms with E-state index >= 15 is 0 Å². The van der Waals surface area contributed by atoms with Crippen LogP contribution in [0.3, 0.4) is 0 Å². The molecule has 0 saturated heterocycles. The van der Waals surface area contributed by atoms with Crippen LogP contribution in [0.4, 0.5) is 4.39 Å². The Labute approximate surface area is 108 Å². The molecule has 0 saturated carbocycles. The Kier molecular flexibility index (Phi) is 4.11. The maximum Gasteiger partial charge on any atom is 0.126 e. The zero-order valence-corrected chi connectivity index (χ0v) is 10.8. The van der Waals surface area contributed by atoms with E-state index in [2.05, 4.69) is 24.4 Å². The number of hydrogen-bond acceptors (Lipinski definition) is 1. The second-order valence-electron chi connectivity index (χ2n) is 4.40. The third kappa shape index (κ3) is 2.77. The van der Waals surface area contributed by atoms with E-state index < -0.39 is 0 Å². The molecule has 0 heterocycles. The van der Waals surface area contributed by atoms with Crippen molar-refractivity contribution < 1.29 is 4.39 Å². The van der Waals surface area contributed by atoms with Crippen molar-refractivity contribution in [2.24, 2.45) is 0 Å². The summed E-state index contributed by atoms with van der Waals surface area (Å²) in [6, 6.07) is 13.5. The van der Waals surface area contributed by atoms with Gasteiger partial charge in [0.05, 0.1) is 0 Å². The van der Waals surface area contributed by atoms with Gasteiger partial charge in [-0.3, -0.25) is 0 Å². The Morgan fingerprint density at radius 3 is 2.61 bits per heavy atom. The van der Waals surface area contributed by atoms with Gasteiger partial charge in [-0.25, -0.2) is 4.39 Å². The van der Waals surface area contributed by atoms with Crippen LogP contribution in [0.1, 0.15) is 18.1 Å². The zero-order chi connectivity index (χ0) is 13.0. The van der Waals surface area contributed by atoms with Gasteiger partial charge in [0.25, 0.3) is 0 Å². The lowest BCUT2D eigenvalue weighted by atomic mass is 9.98. The molecule has 0 aliphatic rings. The Morgan fingerprint density at radius 1 is 1.11 bits per heavy atom. The predicted octanol–water partition coefficient (Wildman–Crippen LogP) is 3.91. The molecule has 0 bridgehead atoms. The van der Waals surface area contributed by atoms with E-state index in [9.17, 15) is 4.39 Å². The highest BCUT2D eigenvalue weighted by Crippen LogP contribution is 2.25. The fourth-order valence-corrected chi connectivity index (χ4v) is 2.03. The number of nitrogens with one attached hydrogen (secondary N) is 1. The largest absolute Gasteiger partial charge is 0.313 e. The van der Waals surface area contributed by atoms with E-state index in [1.54, 1.807) is 6.92 Å². The van der Waals surface area contributed by atoms with E-state index in [0.717, 1.165) is 18.7 Å². The van der Waals surface area contributed by atoms with Crippen molar-refractivity contribution in [1.29, 1.82) is 0 Å². The highest BCUT2D eigenvalue weighted by atomic mass is 19.1. The van der Waals surface area contributed by atoms with Crippen molar-refractivity contribution in [2.45, 2.75) is 20.4 Å². The average molecular weight is 243 g/mol. The summed E-state index contributed by atoms with van der Waals surface area (Å²) in [6.07, 6.45) is 0. The van der Waals surface area contributed by atoms with Gasteiger partial charge in [-0.2, -0.15) is 0 Å². The van der Waals surface area contributed by atoms with Gasteiger partial charge in [0.15, 0.2) is 0 Å². The molecule has 2 heteroatoms. The lowest BCUT2D eigenvalue weighted by Gasteiger charge is -2.11.